The van der Waals surface area contributed by atoms with Gasteiger partial charge < -0.3 is 0 Å². The summed E-state index contributed by atoms with van der Waals surface area (Å²) >= 11 is 0. The molecule has 0 nitrogen and oxygen atoms in total. The molecule has 0 saturated carbocycles. The fourth-order valence-electron chi connectivity index (χ4n) is 3.17. The van der Waals surface area contributed by atoms with E-state index in [0.29, 0.717) is 0 Å². The Balaban J connectivity index is 3.63. The third-order valence-corrected chi connectivity index (χ3v) is 4.45. The van der Waals surface area contributed by atoms with Crippen molar-refractivity contribution in [2.75, 3.05) is 0 Å². The molecule has 20 heavy (non-hydrogen) atoms. The third-order valence-electron chi connectivity index (χ3n) is 4.45. The summed E-state index contributed by atoms with van der Waals surface area (Å²) in [6, 6.07) is 0. The third kappa shape index (κ3) is 13.0. The van der Waals surface area contributed by atoms with E-state index in [0.717, 1.165) is 11.8 Å². The van der Waals surface area contributed by atoms with Crippen molar-refractivity contribution in [3.05, 3.63) is 6.42 Å². The maximum atomic E-state index is 2.69. The zero-order valence-electron chi connectivity index (χ0n) is 14.9. The SMILES string of the molecule is CCCCCCCCC(C)[CH]C(CCC)CCCCC. The van der Waals surface area contributed by atoms with Gasteiger partial charge in [0.25, 0.3) is 0 Å². The Bertz CT molecular complexity index is 173. The van der Waals surface area contributed by atoms with Crippen molar-refractivity contribution < 1.29 is 0 Å². The monoisotopic (exact) mass is 281 g/mol. The maximum Gasteiger partial charge on any atom is -0.0326 e. The molecule has 2 unspecified atom stereocenters. The maximum absolute atomic E-state index is 2.69. The lowest BCUT2D eigenvalue weighted by molar-refractivity contribution is 0.411. The Morgan fingerprint density at radius 2 is 1.15 bits per heavy atom. The molecule has 0 aromatic rings. The molecule has 0 aliphatic rings. The van der Waals surface area contributed by atoms with Crippen LogP contribution in [0.25, 0.3) is 0 Å². The first-order chi connectivity index (χ1) is 9.74. The normalized spacial score (nSPS) is 14.4. The van der Waals surface area contributed by atoms with E-state index < -0.39 is 0 Å². The van der Waals surface area contributed by atoms with E-state index >= 15 is 0 Å². The van der Waals surface area contributed by atoms with Crippen molar-refractivity contribution in [2.45, 2.75) is 111 Å². The Labute approximate surface area is 130 Å². The summed E-state index contributed by atoms with van der Waals surface area (Å²) in [6.45, 7) is 9.37. The van der Waals surface area contributed by atoms with Crippen molar-refractivity contribution in [1.29, 1.82) is 0 Å². The van der Waals surface area contributed by atoms with Gasteiger partial charge in [-0.15, -0.1) is 0 Å². The average Bonchev–Trinajstić information content (AvgIpc) is 2.43. The van der Waals surface area contributed by atoms with Gasteiger partial charge >= 0.3 is 0 Å². The molecule has 0 amide bonds. The molecule has 0 saturated heterocycles. The van der Waals surface area contributed by atoms with Gasteiger partial charge in [0.1, 0.15) is 0 Å². The highest BCUT2D eigenvalue weighted by Gasteiger charge is 2.12. The minimum atomic E-state index is 0.833. The molecule has 0 N–H and O–H groups in total. The van der Waals surface area contributed by atoms with Gasteiger partial charge in [0.15, 0.2) is 0 Å². The zero-order chi connectivity index (χ0) is 15.1. The molecule has 0 aromatic carbocycles. The highest BCUT2D eigenvalue weighted by molar-refractivity contribution is 4.81. The van der Waals surface area contributed by atoms with Crippen LogP contribution in [0.4, 0.5) is 0 Å². The van der Waals surface area contributed by atoms with Gasteiger partial charge in [0, 0.05) is 0 Å². The van der Waals surface area contributed by atoms with E-state index in [9.17, 15) is 0 Å². The lowest BCUT2D eigenvalue weighted by Crippen LogP contribution is -2.08. The van der Waals surface area contributed by atoms with Crippen LogP contribution in [-0.4, -0.2) is 0 Å². The van der Waals surface area contributed by atoms with Crippen molar-refractivity contribution in [2.24, 2.45) is 11.8 Å². The first-order valence-corrected chi connectivity index (χ1v) is 9.59. The molecule has 0 aliphatic carbocycles. The molecule has 121 valence electrons. The van der Waals surface area contributed by atoms with E-state index in [1.165, 1.54) is 83.5 Å². The van der Waals surface area contributed by atoms with Crippen LogP contribution in [0.1, 0.15) is 111 Å². The first kappa shape index (κ1) is 20.0. The quantitative estimate of drug-likeness (QED) is 0.271. The Kier molecular flexibility index (Phi) is 15.4. The largest absolute Gasteiger partial charge is 0.0654 e. The van der Waals surface area contributed by atoms with Gasteiger partial charge in [-0.3, -0.25) is 0 Å². The highest BCUT2D eigenvalue weighted by atomic mass is 14.2. The van der Waals surface area contributed by atoms with Gasteiger partial charge in [-0.05, 0) is 18.3 Å². The topological polar surface area (TPSA) is 0 Å². The fourth-order valence-corrected chi connectivity index (χ4v) is 3.17. The lowest BCUT2D eigenvalue weighted by Gasteiger charge is -2.20. The Morgan fingerprint density at radius 3 is 1.80 bits per heavy atom. The molecule has 0 fully saturated rings. The molecule has 0 heterocycles. The van der Waals surface area contributed by atoms with Crippen LogP contribution < -0.4 is 0 Å². The van der Waals surface area contributed by atoms with Crippen molar-refractivity contribution in [1.82, 2.24) is 0 Å². The summed E-state index contributed by atoms with van der Waals surface area (Å²) < 4.78 is 0. The van der Waals surface area contributed by atoms with Gasteiger partial charge in [-0.2, -0.15) is 0 Å². The smallest absolute Gasteiger partial charge is 0.0326 e. The van der Waals surface area contributed by atoms with Crippen molar-refractivity contribution in [3.63, 3.8) is 0 Å². The fraction of sp³-hybridized carbons (Fsp3) is 0.950. The molecule has 0 aromatic heterocycles. The standard InChI is InChI=1S/C20H41/c1-5-8-10-11-12-14-16-19(4)18-20(15-7-3)17-13-9-6-2/h18-20H,5-17H2,1-4H3. The van der Waals surface area contributed by atoms with Crippen LogP contribution >= 0.6 is 0 Å². The highest BCUT2D eigenvalue weighted by Crippen LogP contribution is 2.25. The number of unbranched alkanes of at least 4 members (excludes halogenated alkanes) is 7. The van der Waals surface area contributed by atoms with Crippen LogP contribution in [-0.2, 0) is 0 Å². The Hall–Kier alpha value is 0. The van der Waals surface area contributed by atoms with Gasteiger partial charge in [-0.1, -0.05) is 111 Å². The second-order valence-corrected chi connectivity index (χ2v) is 6.77. The van der Waals surface area contributed by atoms with E-state index in [4.69, 9.17) is 0 Å². The molecule has 0 rings (SSSR count). The van der Waals surface area contributed by atoms with Crippen LogP contribution in [0.15, 0.2) is 0 Å². The molecule has 2 atom stereocenters. The van der Waals surface area contributed by atoms with Crippen LogP contribution in [0.5, 0.6) is 0 Å². The van der Waals surface area contributed by atoms with E-state index in [2.05, 4.69) is 34.1 Å². The van der Waals surface area contributed by atoms with Crippen LogP contribution in [0.3, 0.4) is 0 Å². The number of hydrogen-bond acceptors (Lipinski definition) is 0. The molecule has 0 aliphatic heterocycles. The minimum Gasteiger partial charge on any atom is -0.0654 e. The lowest BCUT2D eigenvalue weighted by atomic mass is 9.86. The molecule has 1 radical (unpaired) electrons. The van der Waals surface area contributed by atoms with Crippen molar-refractivity contribution in [3.8, 4) is 0 Å². The molecular formula is C20H41. The predicted octanol–water partition coefficient (Wildman–Crippen LogP) is 7.57. The average molecular weight is 282 g/mol. The number of rotatable bonds is 15. The zero-order valence-corrected chi connectivity index (χ0v) is 14.9. The minimum absolute atomic E-state index is 0.833. The molecule has 0 heteroatoms. The predicted molar refractivity (Wildman–Crippen MR) is 94.0 cm³/mol. The summed E-state index contributed by atoms with van der Waals surface area (Å²) in [6.07, 6.45) is 21.1. The van der Waals surface area contributed by atoms with Gasteiger partial charge in [0.05, 0.1) is 0 Å². The van der Waals surface area contributed by atoms with Crippen LogP contribution in [0.2, 0.25) is 0 Å². The second-order valence-electron chi connectivity index (χ2n) is 6.77. The summed E-state index contributed by atoms with van der Waals surface area (Å²) in [4.78, 5) is 0. The summed E-state index contributed by atoms with van der Waals surface area (Å²) in [5.74, 6) is 1.72. The van der Waals surface area contributed by atoms with E-state index in [1.54, 1.807) is 0 Å². The second kappa shape index (κ2) is 15.4. The summed E-state index contributed by atoms with van der Waals surface area (Å²) in [5.41, 5.74) is 0. The van der Waals surface area contributed by atoms with Crippen molar-refractivity contribution >= 4 is 0 Å². The first-order valence-electron chi connectivity index (χ1n) is 9.59. The number of hydrogen-bond donors (Lipinski definition) is 0. The summed E-state index contributed by atoms with van der Waals surface area (Å²) in [5, 5.41) is 0. The molecule has 0 bridgehead atoms. The Morgan fingerprint density at radius 1 is 0.600 bits per heavy atom. The van der Waals surface area contributed by atoms with Crippen LogP contribution in [0, 0.1) is 18.3 Å². The van der Waals surface area contributed by atoms with Gasteiger partial charge in [-0.25, -0.2) is 0 Å². The van der Waals surface area contributed by atoms with E-state index in [1.807, 2.05) is 0 Å². The van der Waals surface area contributed by atoms with Gasteiger partial charge in [0.2, 0.25) is 0 Å². The summed E-state index contributed by atoms with van der Waals surface area (Å²) in [7, 11) is 0. The molecular weight excluding hydrogens is 240 g/mol. The molecule has 0 spiro atoms. The van der Waals surface area contributed by atoms with E-state index in [-0.39, 0.29) is 0 Å².